The minimum absolute atomic E-state index is 0.0885. The summed E-state index contributed by atoms with van der Waals surface area (Å²) >= 11 is 0. The molecule has 0 aromatic carbocycles. The van der Waals surface area contributed by atoms with Crippen molar-refractivity contribution >= 4 is 16.7 Å². The van der Waals surface area contributed by atoms with Crippen molar-refractivity contribution in [3.8, 4) is 0 Å². The fourth-order valence-corrected chi connectivity index (χ4v) is 0.711. The second-order valence-electron chi connectivity index (χ2n) is 1.82. The van der Waals surface area contributed by atoms with E-state index in [0.717, 1.165) is 0 Å². The van der Waals surface area contributed by atoms with Gasteiger partial charge in [0.1, 0.15) is 0 Å². The monoisotopic (exact) mass is 177 g/mol. The maximum atomic E-state index is 10.7. The molecule has 0 aromatic rings. The number of rotatable bonds is 4. The van der Waals surface area contributed by atoms with Crippen molar-refractivity contribution in [3.63, 3.8) is 0 Å². The molecule has 0 radical (unpaired) electrons. The van der Waals surface area contributed by atoms with E-state index in [1.807, 2.05) is 0 Å². The second-order valence-corrected chi connectivity index (χ2v) is 3.09. The Bertz CT molecular complexity index is 179. The van der Waals surface area contributed by atoms with E-state index >= 15 is 0 Å². The highest BCUT2D eigenvalue weighted by atomic mass is 32.2. The lowest BCUT2D eigenvalue weighted by Gasteiger charge is -1.95. The van der Waals surface area contributed by atoms with E-state index in [1.54, 1.807) is 0 Å². The number of carbonyl (C=O) groups is 1. The predicted molar refractivity (Wildman–Crippen MR) is 43.3 cm³/mol. The van der Waals surface area contributed by atoms with Crippen LogP contribution in [-0.4, -0.2) is 34.6 Å². The Hall–Kier alpha value is -0.680. The lowest BCUT2D eigenvalue weighted by Crippen LogP contribution is -2.24. The average molecular weight is 177 g/mol. The van der Waals surface area contributed by atoms with Crippen LogP contribution in [0.4, 0.5) is 0 Å². The van der Waals surface area contributed by atoms with Gasteiger partial charge in [-0.3, -0.25) is 9.00 Å². The Morgan fingerprint density at radius 1 is 1.73 bits per heavy atom. The molecule has 0 aliphatic carbocycles. The molecule has 0 rings (SSSR count). The van der Waals surface area contributed by atoms with Gasteiger partial charge in [0.05, 0.1) is 6.61 Å². The molecule has 0 aliphatic heterocycles. The predicted octanol–water partition coefficient (Wildman–Crippen LogP) is -1.01. The van der Waals surface area contributed by atoms with Crippen molar-refractivity contribution in [2.24, 2.45) is 0 Å². The fourth-order valence-electron chi connectivity index (χ4n) is 0.396. The molecule has 0 aliphatic rings. The van der Waals surface area contributed by atoms with E-state index in [4.69, 9.17) is 5.11 Å². The van der Waals surface area contributed by atoms with Crippen LogP contribution in [0.3, 0.4) is 0 Å². The van der Waals surface area contributed by atoms with Crippen molar-refractivity contribution < 1.29 is 14.1 Å². The van der Waals surface area contributed by atoms with Crippen LogP contribution < -0.4 is 5.32 Å². The molecule has 11 heavy (non-hydrogen) atoms. The summed E-state index contributed by atoms with van der Waals surface area (Å²) in [4.78, 5) is 10.7. The number of nitrogens with one attached hydrogen (secondary N) is 1. The molecule has 0 bridgehead atoms. The van der Waals surface area contributed by atoms with Gasteiger partial charge in [-0.1, -0.05) is 0 Å². The zero-order valence-electron chi connectivity index (χ0n) is 6.24. The van der Waals surface area contributed by atoms with Gasteiger partial charge in [0, 0.05) is 35.1 Å². The normalized spacial score (nSPS) is 13.3. The number of amides is 1. The molecule has 2 N–H and O–H groups in total. The summed E-state index contributed by atoms with van der Waals surface area (Å²) in [6.07, 6.45) is 2.65. The summed E-state index contributed by atoms with van der Waals surface area (Å²) in [7, 11) is -1.10. The molecule has 1 unspecified atom stereocenters. The van der Waals surface area contributed by atoms with Crippen LogP contribution in [0, 0.1) is 0 Å². The molecular weight excluding hydrogens is 166 g/mol. The molecule has 0 saturated carbocycles. The third-order valence-electron chi connectivity index (χ3n) is 0.822. The Morgan fingerprint density at radius 2 is 2.36 bits per heavy atom. The van der Waals surface area contributed by atoms with Crippen molar-refractivity contribution in [1.82, 2.24) is 5.32 Å². The summed E-state index contributed by atoms with van der Waals surface area (Å²) in [6.45, 7) is 0.133. The zero-order chi connectivity index (χ0) is 8.69. The molecule has 1 atom stereocenters. The highest BCUT2D eigenvalue weighted by molar-refractivity contribution is 7.87. The van der Waals surface area contributed by atoms with Gasteiger partial charge >= 0.3 is 0 Å². The van der Waals surface area contributed by atoms with E-state index in [-0.39, 0.29) is 19.1 Å². The highest BCUT2D eigenvalue weighted by Crippen LogP contribution is 1.77. The molecule has 64 valence electrons. The van der Waals surface area contributed by atoms with Crippen LogP contribution in [0.15, 0.2) is 11.5 Å². The van der Waals surface area contributed by atoms with E-state index in [0.29, 0.717) is 0 Å². The molecule has 1 amide bonds. The number of aliphatic hydroxyl groups is 1. The van der Waals surface area contributed by atoms with Crippen molar-refractivity contribution in [3.05, 3.63) is 11.5 Å². The summed E-state index contributed by atoms with van der Waals surface area (Å²) in [5.41, 5.74) is 0. The molecule has 0 fully saturated rings. The number of hydrogen-bond donors (Lipinski definition) is 2. The average Bonchev–Trinajstić information content (AvgIpc) is 1.97. The molecule has 0 saturated heterocycles. The Kier molecular flexibility index (Phi) is 5.68. The van der Waals surface area contributed by atoms with Crippen LogP contribution in [0.25, 0.3) is 0 Å². The topological polar surface area (TPSA) is 66.4 Å². The standard InChI is InChI=1S/C6H11NO3S/c1-11(10)5-2-6(9)7-3-4-8/h2,5,8H,3-4H2,1H3,(H,7,9)/b5-2+. The molecule has 0 aromatic heterocycles. The van der Waals surface area contributed by atoms with Crippen molar-refractivity contribution in [1.29, 1.82) is 0 Å². The van der Waals surface area contributed by atoms with Crippen molar-refractivity contribution in [2.75, 3.05) is 19.4 Å². The van der Waals surface area contributed by atoms with E-state index in [2.05, 4.69) is 5.32 Å². The zero-order valence-corrected chi connectivity index (χ0v) is 7.06. The highest BCUT2D eigenvalue weighted by Gasteiger charge is 1.91. The number of aliphatic hydroxyl groups excluding tert-OH is 1. The van der Waals surface area contributed by atoms with Crippen LogP contribution in [-0.2, 0) is 15.6 Å². The van der Waals surface area contributed by atoms with Crippen LogP contribution in [0.5, 0.6) is 0 Å². The SMILES string of the molecule is CS(=O)/C=C/C(=O)NCCO. The maximum absolute atomic E-state index is 10.7. The first-order chi connectivity index (χ1) is 5.16. The third-order valence-corrected chi connectivity index (χ3v) is 1.34. The lowest BCUT2D eigenvalue weighted by atomic mass is 10.5. The van der Waals surface area contributed by atoms with Gasteiger partial charge in [-0.2, -0.15) is 0 Å². The van der Waals surface area contributed by atoms with Crippen LogP contribution in [0.2, 0.25) is 0 Å². The van der Waals surface area contributed by atoms with E-state index < -0.39 is 10.8 Å². The van der Waals surface area contributed by atoms with E-state index in [9.17, 15) is 9.00 Å². The van der Waals surface area contributed by atoms with Gasteiger partial charge in [-0.25, -0.2) is 0 Å². The minimum Gasteiger partial charge on any atom is -0.395 e. The third kappa shape index (κ3) is 7.21. The second kappa shape index (κ2) is 6.06. The first-order valence-corrected chi connectivity index (χ1v) is 4.68. The number of hydrogen-bond acceptors (Lipinski definition) is 3. The fraction of sp³-hybridized carbons (Fsp3) is 0.500. The first-order valence-electron chi connectivity index (χ1n) is 3.06. The molecule has 5 heteroatoms. The van der Waals surface area contributed by atoms with Crippen LogP contribution in [0.1, 0.15) is 0 Å². The van der Waals surface area contributed by atoms with E-state index in [1.165, 1.54) is 17.7 Å². The van der Waals surface area contributed by atoms with Gasteiger partial charge in [0.15, 0.2) is 0 Å². The Morgan fingerprint density at radius 3 is 2.82 bits per heavy atom. The molecule has 0 heterocycles. The van der Waals surface area contributed by atoms with Gasteiger partial charge < -0.3 is 10.4 Å². The summed E-state index contributed by atoms with van der Waals surface area (Å²) in [6, 6.07) is 0. The molecular formula is C6H11NO3S. The van der Waals surface area contributed by atoms with Gasteiger partial charge in [-0.15, -0.1) is 0 Å². The van der Waals surface area contributed by atoms with Crippen LogP contribution >= 0.6 is 0 Å². The lowest BCUT2D eigenvalue weighted by molar-refractivity contribution is -0.116. The largest absolute Gasteiger partial charge is 0.395 e. The number of carbonyl (C=O) groups excluding carboxylic acids is 1. The van der Waals surface area contributed by atoms with Crippen molar-refractivity contribution in [2.45, 2.75) is 0 Å². The Labute approximate surface area is 67.8 Å². The van der Waals surface area contributed by atoms with Gasteiger partial charge in [0.2, 0.25) is 5.91 Å². The summed E-state index contributed by atoms with van der Waals surface area (Å²) in [5, 5.41) is 12.0. The quantitative estimate of drug-likeness (QED) is 0.541. The Balaban J connectivity index is 3.60. The maximum Gasteiger partial charge on any atom is 0.244 e. The van der Waals surface area contributed by atoms with Gasteiger partial charge in [0.25, 0.3) is 0 Å². The molecule has 4 nitrogen and oxygen atoms in total. The summed E-state index contributed by atoms with van der Waals surface area (Å²) < 4.78 is 10.4. The smallest absolute Gasteiger partial charge is 0.244 e. The van der Waals surface area contributed by atoms with Gasteiger partial charge in [-0.05, 0) is 0 Å². The molecule has 0 spiro atoms. The summed E-state index contributed by atoms with van der Waals surface area (Å²) in [5.74, 6) is -0.339. The first kappa shape index (κ1) is 10.3. The minimum atomic E-state index is -1.10.